The van der Waals surface area contributed by atoms with E-state index in [1.807, 2.05) is 13.8 Å². The van der Waals surface area contributed by atoms with Crippen LogP contribution >= 0.6 is 0 Å². The van der Waals surface area contributed by atoms with Crippen molar-refractivity contribution in [3.8, 4) is 0 Å². The molecule has 0 aromatic rings. The minimum Gasteiger partial charge on any atom is -0.355 e. The van der Waals surface area contributed by atoms with E-state index in [9.17, 15) is 4.79 Å². The van der Waals surface area contributed by atoms with E-state index >= 15 is 0 Å². The first kappa shape index (κ1) is 14.5. The lowest BCUT2D eigenvalue weighted by Crippen LogP contribution is -2.51. The van der Waals surface area contributed by atoms with Crippen LogP contribution in [0.4, 0.5) is 0 Å². The van der Waals surface area contributed by atoms with Crippen molar-refractivity contribution < 1.29 is 4.79 Å². The molecule has 0 aromatic heterocycles. The van der Waals surface area contributed by atoms with E-state index in [-0.39, 0.29) is 11.9 Å². The summed E-state index contributed by atoms with van der Waals surface area (Å²) in [6.07, 6.45) is 2.28. The number of likely N-dealkylation sites (tertiary alicyclic amines) is 1. The third-order valence-corrected chi connectivity index (χ3v) is 3.49. The molecule has 17 heavy (non-hydrogen) atoms. The van der Waals surface area contributed by atoms with Gasteiger partial charge in [-0.3, -0.25) is 4.79 Å². The summed E-state index contributed by atoms with van der Waals surface area (Å²) in [7, 11) is 0. The molecule has 1 rings (SSSR count). The fourth-order valence-electron chi connectivity index (χ4n) is 2.34. The van der Waals surface area contributed by atoms with Crippen molar-refractivity contribution in [1.29, 1.82) is 0 Å². The predicted molar refractivity (Wildman–Crippen MR) is 71.0 cm³/mol. The average molecular weight is 241 g/mol. The van der Waals surface area contributed by atoms with Gasteiger partial charge in [-0.2, -0.15) is 0 Å². The van der Waals surface area contributed by atoms with Crippen molar-refractivity contribution in [2.45, 2.75) is 58.7 Å². The zero-order chi connectivity index (χ0) is 12.8. The molecule has 1 aliphatic heterocycles. The lowest BCUT2D eigenvalue weighted by molar-refractivity contribution is -0.122. The summed E-state index contributed by atoms with van der Waals surface area (Å²) >= 11 is 0. The Morgan fingerprint density at radius 1 is 1.29 bits per heavy atom. The van der Waals surface area contributed by atoms with E-state index in [1.54, 1.807) is 0 Å². The maximum Gasteiger partial charge on any atom is 0.236 e. The Kier molecular flexibility index (Phi) is 5.92. The summed E-state index contributed by atoms with van der Waals surface area (Å²) in [5, 5.41) is 6.27. The molecule has 100 valence electrons. The van der Waals surface area contributed by atoms with Crippen LogP contribution in [0.15, 0.2) is 0 Å². The van der Waals surface area contributed by atoms with Crippen molar-refractivity contribution in [2.75, 3.05) is 19.6 Å². The number of carbonyl (C=O) groups is 1. The molecule has 0 spiro atoms. The molecular weight excluding hydrogens is 214 g/mol. The van der Waals surface area contributed by atoms with Crippen molar-refractivity contribution in [3.63, 3.8) is 0 Å². The molecule has 0 aliphatic carbocycles. The van der Waals surface area contributed by atoms with Crippen LogP contribution in [0.3, 0.4) is 0 Å². The number of amides is 1. The summed E-state index contributed by atoms with van der Waals surface area (Å²) in [5.74, 6) is 0.110. The molecular formula is C13H27N3O. The molecule has 0 bridgehead atoms. The van der Waals surface area contributed by atoms with Crippen LogP contribution in [0.1, 0.15) is 40.5 Å². The first-order chi connectivity index (χ1) is 8.04. The van der Waals surface area contributed by atoms with E-state index in [0.717, 1.165) is 25.9 Å². The van der Waals surface area contributed by atoms with Gasteiger partial charge in [0.2, 0.25) is 5.91 Å². The monoisotopic (exact) mass is 241 g/mol. The number of nitrogens with one attached hydrogen (secondary N) is 2. The Balaban J connectivity index is 2.28. The Labute approximate surface area is 105 Å². The van der Waals surface area contributed by atoms with Crippen LogP contribution in [-0.2, 0) is 4.79 Å². The van der Waals surface area contributed by atoms with Gasteiger partial charge in [-0.1, -0.05) is 0 Å². The first-order valence-electron chi connectivity index (χ1n) is 6.82. The Morgan fingerprint density at radius 2 is 1.88 bits per heavy atom. The zero-order valence-electron chi connectivity index (χ0n) is 11.6. The summed E-state index contributed by atoms with van der Waals surface area (Å²) in [6.45, 7) is 11.4. The number of hydrogen-bond donors (Lipinski definition) is 2. The molecule has 1 saturated heterocycles. The van der Waals surface area contributed by atoms with Gasteiger partial charge in [0.05, 0.1) is 6.04 Å². The Bertz CT molecular complexity index is 235. The lowest BCUT2D eigenvalue weighted by Gasteiger charge is -2.35. The second-order valence-corrected chi connectivity index (χ2v) is 5.19. The maximum atomic E-state index is 11.6. The normalized spacial score (nSPS) is 20.5. The fourth-order valence-corrected chi connectivity index (χ4v) is 2.34. The topological polar surface area (TPSA) is 44.4 Å². The van der Waals surface area contributed by atoms with Gasteiger partial charge < -0.3 is 15.5 Å². The molecule has 1 unspecified atom stereocenters. The quantitative estimate of drug-likeness (QED) is 0.754. The van der Waals surface area contributed by atoms with Gasteiger partial charge in [-0.15, -0.1) is 0 Å². The number of rotatable bonds is 5. The smallest absolute Gasteiger partial charge is 0.236 e. The van der Waals surface area contributed by atoms with E-state index < -0.39 is 0 Å². The Hall–Kier alpha value is -0.610. The maximum absolute atomic E-state index is 11.6. The van der Waals surface area contributed by atoms with Crippen molar-refractivity contribution >= 4 is 5.91 Å². The summed E-state index contributed by atoms with van der Waals surface area (Å²) in [6, 6.07) is 1.05. The van der Waals surface area contributed by atoms with Gasteiger partial charge in [0.1, 0.15) is 0 Å². The van der Waals surface area contributed by atoms with Gasteiger partial charge >= 0.3 is 0 Å². The summed E-state index contributed by atoms with van der Waals surface area (Å²) < 4.78 is 0. The van der Waals surface area contributed by atoms with Crippen molar-refractivity contribution in [1.82, 2.24) is 15.5 Å². The standard InChI is InChI=1S/C13H27N3O/c1-5-14-13(17)11(4)15-12-6-8-16(9-7-12)10(2)3/h10-12,15H,5-9H2,1-4H3,(H,14,17). The van der Waals surface area contributed by atoms with Crippen LogP contribution in [0.5, 0.6) is 0 Å². The number of carbonyl (C=O) groups excluding carboxylic acids is 1. The van der Waals surface area contributed by atoms with Gasteiger partial charge in [-0.25, -0.2) is 0 Å². The van der Waals surface area contributed by atoms with Gasteiger partial charge in [0, 0.05) is 18.6 Å². The molecule has 0 aromatic carbocycles. The molecule has 1 atom stereocenters. The molecule has 0 saturated carbocycles. The van der Waals surface area contributed by atoms with Gasteiger partial charge in [0.25, 0.3) is 0 Å². The van der Waals surface area contributed by atoms with Crippen molar-refractivity contribution in [2.24, 2.45) is 0 Å². The molecule has 0 radical (unpaired) electrons. The molecule has 1 amide bonds. The molecule has 4 nitrogen and oxygen atoms in total. The van der Waals surface area contributed by atoms with Crippen LogP contribution < -0.4 is 10.6 Å². The highest BCUT2D eigenvalue weighted by Crippen LogP contribution is 2.13. The molecule has 1 aliphatic rings. The third-order valence-electron chi connectivity index (χ3n) is 3.49. The summed E-state index contributed by atoms with van der Waals surface area (Å²) in [5.41, 5.74) is 0. The van der Waals surface area contributed by atoms with Crippen molar-refractivity contribution in [3.05, 3.63) is 0 Å². The van der Waals surface area contributed by atoms with Crippen LogP contribution in [0.25, 0.3) is 0 Å². The molecule has 1 heterocycles. The summed E-state index contributed by atoms with van der Waals surface area (Å²) in [4.78, 5) is 14.1. The van der Waals surface area contributed by atoms with E-state index in [4.69, 9.17) is 0 Å². The highest BCUT2D eigenvalue weighted by Gasteiger charge is 2.23. The molecule has 2 N–H and O–H groups in total. The zero-order valence-corrected chi connectivity index (χ0v) is 11.6. The largest absolute Gasteiger partial charge is 0.355 e. The number of nitrogens with zero attached hydrogens (tertiary/aromatic N) is 1. The van der Waals surface area contributed by atoms with Crippen LogP contribution in [0, 0.1) is 0 Å². The second kappa shape index (κ2) is 6.97. The van der Waals surface area contributed by atoms with Crippen LogP contribution in [0.2, 0.25) is 0 Å². The molecule has 1 fully saturated rings. The van der Waals surface area contributed by atoms with E-state index in [1.165, 1.54) is 0 Å². The SMILES string of the molecule is CCNC(=O)C(C)NC1CCN(C(C)C)CC1. The average Bonchev–Trinajstić information content (AvgIpc) is 2.30. The highest BCUT2D eigenvalue weighted by molar-refractivity contribution is 5.81. The number of likely N-dealkylation sites (N-methyl/N-ethyl adjacent to an activating group) is 1. The minimum absolute atomic E-state index is 0.0782. The van der Waals surface area contributed by atoms with Gasteiger partial charge in [0.15, 0.2) is 0 Å². The van der Waals surface area contributed by atoms with Crippen LogP contribution in [-0.4, -0.2) is 48.6 Å². The highest BCUT2D eigenvalue weighted by atomic mass is 16.2. The fraction of sp³-hybridized carbons (Fsp3) is 0.923. The molecule has 4 heteroatoms. The van der Waals surface area contributed by atoms with E-state index in [0.29, 0.717) is 18.6 Å². The minimum atomic E-state index is -0.0782. The Morgan fingerprint density at radius 3 is 2.35 bits per heavy atom. The lowest BCUT2D eigenvalue weighted by atomic mass is 10.0. The number of hydrogen-bond acceptors (Lipinski definition) is 3. The third kappa shape index (κ3) is 4.64. The predicted octanol–water partition coefficient (Wildman–Crippen LogP) is 0.973. The number of piperidine rings is 1. The van der Waals surface area contributed by atoms with Gasteiger partial charge in [-0.05, 0) is 53.6 Å². The first-order valence-corrected chi connectivity index (χ1v) is 6.82. The second-order valence-electron chi connectivity index (χ2n) is 5.19. The van der Waals surface area contributed by atoms with E-state index in [2.05, 4.69) is 29.4 Å².